The minimum Gasteiger partial charge on any atom is -0.478 e. The number of aliphatic imine (C=N–C) groups is 1. The Labute approximate surface area is 123 Å². The first-order valence-corrected chi connectivity index (χ1v) is 7.11. The van der Waals surface area contributed by atoms with Crippen LogP contribution in [0.15, 0.2) is 17.3 Å². The Morgan fingerprint density at radius 1 is 1.43 bits per heavy atom. The summed E-state index contributed by atoms with van der Waals surface area (Å²) in [6.45, 7) is 6.11. The number of carboxylic acids is 1. The predicted octanol–water partition coefficient (Wildman–Crippen LogP) is 1.73. The van der Waals surface area contributed by atoms with Crippen molar-refractivity contribution in [2.75, 3.05) is 6.54 Å². The zero-order valence-electron chi connectivity index (χ0n) is 12.5. The van der Waals surface area contributed by atoms with Crippen molar-refractivity contribution < 1.29 is 14.7 Å². The highest BCUT2D eigenvalue weighted by Crippen LogP contribution is 2.20. The van der Waals surface area contributed by atoms with Crippen molar-refractivity contribution in [1.82, 2.24) is 9.88 Å². The van der Waals surface area contributed by atoms with Crippen LogP contribution < -0.4 is 0 Å². The van der Waals surface area contributed by atoms with Gasteiger partial charge in [0.2, 0.25) is 0 Å². The number of amides is 1. The Morgan fingerprint density at radius 2 is 2.14 bits per heavy atom. The molecule has 1 N–H and O–H groups in total. The molecule has 0 aliphatic carbocycles. The van der Waals surface area contributed by atoms with Crippen LogP contribution in [0.5, 0.6) is 0 Å². The van der Waals surface area contributed by atoms with Crippen LogP contribution in [0.1, 0.15) is 48.8 Å². The minimum absolute atomic E-state index is 0.0936. The standard InChI is InChI=1S/C15H19N3O3/c1-4-6-18-13(17-9(3)14(18)19)12-11(15(20)21)7-10(5-2)8-16-12/h7-9H,4-6H2,1-3H3,(H,20,21). The van der Waals surface area contributed by atoms with Crippen LogP contribution in [0.3, 0.4) is 0 Å². The topological polar surface area (TPSA) is 82.9 Å². The molecule has 21 heavy (non-hydrogen) atoms. The molecule has 0 bridgehead atoms. The average Bonchev–Trinajstić information content (AvgIpc) is 2.75. The Morgan fingerprint density at radius 3 is 2.71 bits per heavy atom. The average molecular weight is 289 g/mol. The molecule has 0 fully saturated rings. The van der Waals surface area contributed by atoms with Crippen molar-refractivity contribution in [2.45, 2.75) is 39.7 Å². The number of pyridine rings is 1. The van der Waals surface area contributed by atoms with E-state index in [0.717, 1.165) is 12.0 Å². The van der Waals surface area contributed by atoms with E-state index in [1.54, 1.807) is 19.2 Å². The summed E-state index contributed by atoms with van der Waals surface area (Å²) in [4.78, 5) is 33.7. The lowest BCUT2D eigenvalue weighted by Gasteiger charge is -2.18. The number of aromatic nitrogens is 1. The molecule has 1 aliphatic heterocycles. The first kappa shape index (κ1) is 15.2. The van der Waals surface area contributed by atoms with Gasteiger partial charge in [-0.3, -0.25) is 19.7 Å². The van der Waals surface area contributed by atoms with E-state index in [2.05, 4.69) is 9.98 Å². The smallest absolute Gasteiger partial charge is 0.338 e. The van der Waals surface area contributed by atoms with Crippen molar-refractivity contribution in [1.29, 1.82) is 0 Å². The number of carboxylic acid groups (broad SMARTS) is 1. The molecule has 0 radical (unpaired) electrons. The van der Waals surface area contributed by atoms with E-state index >= 15 is 0 Å². The van der Waals surface area contributed by atoms with Crippen LogP contribution in [0.4, 0.5) is 0 Å². The number of nitrogens with zero attached hydrogens (tertiary/aromatic N) is 3. The molecule has 2 heterocycles. The van der Waals surface area contributed by atoms with Crippen LogP contribution in [-0.2, 0) is 11.2 Å². The Balaban J connectivity index is 2.52. The van der Waals surface area contributed by atoms with Crippen molar-refractivity contribution in [3.63, 3.8) is 0 Å². The highest BCUT2D eigenvalue weighted by Gasteiger charge is 2.34. The van der Waals surface area contributed by atoms with Crippen molar-refractivity contribution in [3.05, 3.63) is 29.1 Å². The summed E-state index contributed by atoms with van der Waals surface area (Å²) in [5.41, 5.74) is 1.21. The molecule has 0 saturated carbocycles. The molecule has 112 valence electrons. The fraction of sp³-hybridized carbons (Fsp3) is 0.467. The maximum Gasteiger partial charge on any atom is 0.338 e. The summed E-state index contributed by atoms with van der Waals surface area (Å²) in [6, 6.07) is 1.12. The van der Waals surface area contributed by atoms with Crippen LogP contribution in [0, 0.1) is 0 Å². The van der Waals surface area contributed by atoms with Crippen molar-refractivity contribution in [2.24, 2.45) is 4.99 Å². The number of carbonyl (C=O) groups is 2. The monoisotopic (exact) mass is 289 g/mol. The van der Waals surface area contributed by atoms with Crippen LogP contribution in [-0.4, -0.2) is 45.3 Å². The zero-order chi connectivity index (χ0) is 15.6. The fourth-order valence-corrected chi connectivity index (χ4v) is 2.31. The van der Waals surface area contributed by atoms with Crippen molar-refractivity contribution >= 4 is 17.7 Å². The molecule has 6 nitrogen and oxygen atoms in total. The molecule has 6 heteroatoms. The van der Waals surface area contributed by atoms with E-state index in [1.165, 1.54) is 4.90 Å². The second kappa shape index (κ2) is 6.03. The van der Waals surface area contributed by atoms with Gasteiger partial charge < -0.3 is 5.11 Å². The van der Waals surface area contributed by atoms with Gasteiger partial charge in [0.1, 0.15) is 11.7 Å². The predicted molar refractivity (Wildman–Crippen MR) is 78.6 cm³/mol. The quantitative estimate of drug-likeness (QED) is 0.894. The second-order valence-electron chi connectivity index (χ2n) is 5.02. The van der Waals surface area contributed by atoms with E-state index in [-0.39, 0.29) is 17.2 Å². The molecule has 1 aliphatic rings. The summed E-state index contributed by atoms with van der Waals surface area (Å²) in [7, 11) is 0. The number of hydrogen-bond acceptors (Lipinski definition) is 4. The SMILES string of the molecule is CCCN1C(=O)C(C)N=C1c1ncc(CC)cc1C(=O)O. The molecule has 1 atom stereocenters. The van der Waals surface area contributed by atoms with E-state index in [9.17, 15) is 14.7 Å². The van der Waals surface area contributed by atoms with Gasteiger partial charge in [0.05, 0.1) is 5.56 Å². The van der Waals surface area contributed by atoms with Gasteiger partial charge in [0, 0.05) is 12.7 Å². The fourth-order valence-electron chi connectivity index (χ4n) is 2.31. The molecule has 2 rings (SSSR count). The number of aromatic carboxylic acids is 1. The first-order valence-electron chi connectivity index (χ1n) is 7.11. The molecule has 1 unspecified atom stereocenters. The summed E-state index contributed by atoms with van der Waals surface area (Å²) in [5, 5.41) is 9.40. The third kappa shape index (κ3) is 2.79. The lowest BCUT2D eigenvalue weighted by molar-refractivity contribution is -0.127. The normalized spacial score (nSPS) is 18.0. The van der Waals surface area contributed by atoms with Crippen LogP contribution in [0.25, 0.3) is 0 Å². The number of carbonyl (C=O) groups excluding carboxylic acids is 1. The molecule has 1 aromatic heterocycles. The van der Waals surface area contributed by atoms with E-state index < -0.39 is 12.0 Å². The Kier molecular flexibility index (Phi) is 4.35. The highest BCUT2D eigenvalue weighted by molar-refractivity contribution is 6.15. The minimum atomic E-state index is -1.06. The van der Waals surface area contributed by atoms with Gasteiger partial charge in [-0.25, -0.2) is 4.79 Å². The van der Waals surface area contributed by atoms with Crippen LogP contribution in [0.2, 0.25) is 0 Å². The third-order valence-corrected chi connectivity index (χ3v) is 3.44. The summed E-state index contributed by atoms with van der Waals surface area (Å²) in [6.07, 6.45) is 3.11. The zero-order valence-corrected chi connectivity index (χ0v) is 12.5. The van der Waals surface area contributed by atoms with Gasteiger partial charge in [-0.1, -0.05) is 13.8 Å². The van der Waals surface area contributed by atoms with Crippen LogP contribution >= 0.6 is 0 Å². The molecule has 0 spiro atoms. The third-order valence-electron chi connectivity index (χ3n) is 3.44. The van der Waals surface area contributed by atoms with Gasteiger partial charge in [0.25, 0.3) is 5.91 Å². The largest absolute Gasteiger partial charge is 0.478 e. The lowest BCUT2D eigenvalue weighted by atomic mass is 10.1. The molecular formula is C15H19N3O3. The summed E-state index contributed by atoms with van der Waals surface area (Å²) in [5.74, 6) is -0.794. The number of aryl methyl sites for hydroxylation is 1. The maximum atomic E-state index is 12.1. The molecular weight excluding hydrogens is 270 g/mol. The Bertz CT molecular complexity index is 610. The van der Waals surface area contributed by atoms with Gasteiger partial charge in [-0.2, -0.15) is 0 Å². The van der Waals surface area contributed by atoms with Crippen molar-refractivity contribution in [3.8, 4) is 0 Å². The lowest BCUT2D eigenvalue weighted by Crippen LogP contribution is -2.36. The second-order valence-corrected chi connectivity index (χ2v) is 5.02. The Hall–Kier alpha value is -2.24. The van der Waals surface area contributed by atoms with Gasteiger partial charge in [0.15, 0.2) is 5.84 Å². The summed E-state index contributed by atoms with van der Waals surface area (Å²) >= 11 is 0. The highest BCUT2D eigenvalue weighted by atomic mass is 16.4. The molecule has 0 aromatic carbocycles. The molecule has 1 aromatic rings. The van der Waals surface area contributed by atoms with E-state index in [1.807, 2.05) is 13.8 Å². The van der Waals surface area contributed by atoms with E-state index in [0.29, 0.717) is 18.8 Å². The van der Waals surface area contributed by atoms with Gasteiger partial charge in [-0.15, -0.1) is 0 Å². The van der Waals surface area contributed by atoms with Gasteiger partial charge >= 0.3 is 5.97 Å². The first-order chi connectivity index (χ1) is 9.99. The maximum absolute atomic E-state index is 12.1. The molecule has 1 amide bonds. The van der Waals surface area contributed by atoms with Gasteiger partial charge in [-0.05, 0) is 31.4 Å². The number of hydrogen-bond donors (Lipinski definition) is 1. The van der Waals surface area contributed by atoms with E-state index in [4.69, 9.17) is 0 Å². The number of rotatable bonds is 5. The number of amidine groups is 1. The molecule has 0 saturated heterocycles. The summed E-state index contributed by atoms with van der Waals surface area (Å²) < 4.78 is 0.